The molecule has 4 nitrogen and oxygen atoms in total. The van der Waals surface area contributed by atoms with Crippen molar-refractivity contribution in [2.24, 2.45) is 0 Å². The van der Waals surface area contributed by atoms with E-state index < -0.39 is 0 Å². The van der Waals surface area contributed by atoms with Gasteiger partial charge in [-0.2, -0.15) is 0 Å². The van der Waals surface area contributed by atoms with Gasteiger partial charge in [0.25, 0.3) is 0 Å². The minimum absolute atomic E-state index is 0.291. The highest BCUT2D eigenvalue weighted by Crippen LogP contribution is 2.36. The second-order valence-electron chi connectivity index (χ2n) is 10.3. The van der Waals surface area contributed by atoms with Gasteiger partial charge in [-0.15, -0.1) is 0 Å². The van der Waals surface area contributed by atoms with Crippen LogP contribution in [0.4, 0.5) is 0 Å². The number of para-hydroxylation sites is 4. The molecular formula is C36H30N2O2. The number of fused-ring (bicyclic) bond motifs is 6. The maximum absolute atomic E-state index is 13.5. The molecule has 0 saturated carbocycles. The van der Waals surface area contributed by atoms with Crippen molar-refractivity contribution in [2.75, 3.05) is 6.61 Å². The van der Waals surface area contributed by atoms with Crippen LogP contribution < -0.4 is 0 Å². The van der Waals surface area contributed by atoms with E-state index >= 15 is 0 Å². The standard InChI is InChI=1S/C36H30N2O2/c1-2-3-12-21-40-36(39)25-22-26(37-32-17-8-4-13-28(32)29-14-5-9-18-33(29)37)24-27(23-25)38-34-19-10-6-15-30(34)31-16-7-11-20-35(31)38/h4-11,13-20,22-24H,2-3,12,21H2,1H3. The van der Waals surface area contributed by atoms with Gasteiger partial charge >= 0.3 is 5.97 Å². The monoisotopic (exact) mass is 522 g/mol. The van der Waals surface area contributed by atoms with Gasteiger partial charge in [0.15, 0.2) is 0 Å². The fourth-order valence-corrected chi connectivity index (χ4v) is 5.97. The first-order valence-electron chi connectivity index (χ1n) is 14.0. The van der Waals surface area contributed by atoms with Crippen LogP contribution in [0.25, 0.3) is 55.0 Å². The van der Waals surface area contributed by atoms with Crippen LogP contribution in [0.15, 0.2) is 115 Å². The van der Waals surface area contributed by atoms with E-state index in [9.17, 15) is 4.79 Å². The predicted molar refractivity (Wildman–Crippen MR) is 165 cm³/mol. The van der Waals surface area contributed by atoms with E-state index in [0.29, 0.717) is 12.2 Å². The highest BCUT2D eigenvalue weighted by Gasteiger charge is 2.18. The van der Waals surface area contributed by atoms with Gasteiger partial charge in [0, 0.05) is 32.9 Å². The lowest BCUT2D eigenvalue weighted by molar-refractivity contribution is 0.0498. The molecule has 196 valence electrons. The second-order valence-corrected chi connectivity index (χ2v) is 10.3. The van der Waals surface area contributed by atoms with Gasteiger partial charge in [0.2, 0.25) is 0 Å². The SMILES string of the molecule is CCCCCOC(=O)c1cc(-n2c3ccccc3c3ccccc32)cc(-n2c3ccccc3c3ccccc32)c1. The number of nitrogens with zero attached hydrogens (tertiary/aromatic N) is 2. The Morgan fingerprint density at radius 2 is 0.975 bits per heavy atom. The zero-order valence-corrected chi connectivity index (χ0v) is 22.5. The zero-order chi connectivity index (χ0) is 27.1. The molecule has 40 heavy (non-hydrogen) atoms. The summed E-state index contributed by atoms with van der Waals surface area (Å²) in [5, 5.41) is 4.74. The fraction of sp³-hybridized carbons (Fsp3) is 0.139. The summed E-state index contributed by atoms with van der Waals surface area (Å²) in [6.07, 6.45) is 2.99. The van der Waals surface area contributed by atoms with Crippen LogP contribution in [0, 0.1) is 0 Å². The normalized spacial score (nSPS) is 11.6. The quantitative estimate of drug-likeness (QED) is 0.154. The molecule has 2 aromatic heterocycles. The Kier molecular flexibility index (Phi) is 6.09. The highest BCUT2D eigenvalue weighted by atomic mass is 16.5. The minimum atomic E-state index is -0.291. The van der Waals surface area contributed by atoms with Crippen LogP contribution in [-0.2, 0) is 4.74 Å². The van der Waals surface area contributed by atoms with Crippen LogP contribution in [0.1, 0.15) is 36.5 Å². The lowest BCUT2D eigenvalue weighted by atomic mass is 10.1. The smallest absolute Gasteiger partial charge is 0.338 e. The Balaban J connectivity index is 1.50. The first kappa shape index (κ1) is 24.2. The van der Waals surface area contributed by atoms with E-state index in [-0.39, 0.29) is 5.97 Å². The first-order chi connectivity index (χ1) is 19.7. The third-order valence-electron chi connectivity index (χ3n) is 7.80. The molecule has 7 aromatic rings. The van der Waals surface area contributed by atoms with Gasteiger partial charge in [0.05, 0.1) is 34.2 Å². The molecule has 0 N–H and O–H groups in total. The number of benzene rings is 5. The van der Waals surface area contributed by atoms with E-state index in [2.05, 4.69) is 119 Å². The molecule has 0 aliphatic heterocycles. The van der Waals surface area contributed by atoms with Gasteiger partial charge in [-0.1, -0.05) is 92.6 Å². The molecule has 0 unspecified atom stereocenters. The van der Waals surface area contributed by atoms with Crippen LogP contribution >= 0.6 is 0 Å². The first-order valence-corrected chi connectivity index (χ1v) is 14.0. The topological polar surface area (TPSA) is 36.2 Å². The molecule has 4 heteroatoms. The van der Waals surface area contributed by atoms with Crippen molar-refractivity contribution in [3.63, 3.8) is 0 Å². The highest BCUT2D eigenvalue weighted by molar-refractivity contribution is 6.10. The van der Waals surface area contributed by atoms with E-state index in [1.54, 1.807) is 0 Å². The Bertz CT molecular complexity index is 1790. The van der Waals surface area contributed by atoms with Gasteiger partial charge in [0.1, 0.15) is 0 Å². The molecule has 0 amide bonds. The van der Waals surface area contributed by atoms with Crippen LogP contribution in [0.5, 0.6) is 0 Å². The van der Waals surface area contributed by atoms with Gasteiger partial charge < -0.3 is 13.9 Å². The van der Waals surface area contributed by atoms with Crippen LogP contribution in [-0.4, -0.2) is 21.7 Å². The molecule has 0 bridgehead atoms. The molecule has 0 spiro atoms. The molecule has 0 radical (unpaired) electrons. The van der Waals surface area contributed by atoms with E-state index in [1.165, 1.54) is 21.5 Å². The number of carbonyl (C=O) groups excluding carboxylic acids is 1. The number of rotatable bonds is 7. The number of esters is 1. The molecular weight excluding hydrogens is 492 g/mol. The summed E-state index contributed by atoms with van der Waals surface area (Å²) in [5.74, 6) is -0.291. The molecule has 2 heterocycles. The molecule has 0 aliphatic carbocycles. The number of hydrogen-bond acceptors (Lipinski definition) is 2. The van der Waals surface area contributed by atoms with Crippen LogP contribution in [0.3, 0.4) is 0 Å². The summed E-state index contributed by atoms with van der Waals surface area (Å²) >= 11 is 0. The number of carbonyl (C=O) groups is 1. The molecule has 0 saturated heterocycles. The molecule has 7 rings (SSSR count). The van der Waals surface area contributed by atoms with E-state index in [4.69, 9.17) is 4.74 Å². The lowest BCUT2D eigenvalue weighted by Gasteiger charge is -2.15. The average Bonchev–Trinajstić information content (AvgIpc) is 3.52. The average molecular weight is 523 g/mol. The Labute approximate surface area is 233 Å². The Hall–Kier alpha value is -4.83. The van der Waals surface area contributed by atoms with Crippen molar-refractivity contribution in [3.05, 3.63) is 121 Å². The maximum Gasteiger partial charge on any atom is 0.338 e. The maximum atomic E-state index is 13.5. The van der Waals surface area contributed by atoms with Gasteiger partial charge in [-0.25, -0.2) is 4.79 Å². The largest absolute Gasteiger partial charge is 0.462 e. The minimum Gasteiger partial charge on any atom is -0.462 e. The van der Waals surface area contributed by atoms with Crippen LogP contribution in [0.2, 0.25) is 0 Å². The second kappa shape index (κ2) is 10.0. The molecule has 0 fully saturated rings. The third-order valence-corrected chi connectivity index (χ3v) is 7.80. The predicted octanol–water partition coefficient (Wildman–Crippen LogP) is 9.23. The fourth-order valence-electron chi connectivity index (χ4n) is 5.97. The summed E-state index contributed by atoms with van der Waals surface area (Å²) in [6, 6.07) is 39.9. The molecule has 0 aliphatic rings. The van der Waals surface area contributed by atoms with E-state index in [0.717, 1.165) is 52.7 Å². The summed E-state index contributed by atoms with van der Waals surface area (Å²) < 4.78 is 10.3. The number of ether oxygens (including phenoxy) is 1. The van der Waals surface area contributed by atoms with Gasteiger partial charge in [-0.3, -0.25) is 0 Å². The summed E-state index contributed by atoms with van der Waals surface area (Å²) in [5.41, 5.74) is 6.81. The summed E-state index contributed by atoms with van der Waals surface area (Å²) in [6.45, 7) is 2.58. The van der Waals surface area contributed by atoms with Crippen molar-refractivity contribution in [2.45, 2.75) is 26.2 Å². The Morgan fingerprint density at radius 1 is 0.575 bits per heavy atom. The Morgan fingerprint density at radius 3 is 1.38 bits per heavy atom. The van der Waals surface area contributed by atoms with E-state index in [1.807, 2.05) is 12.1 Å². The van der Waals surface area contributed by atoms with Crippen molar-refractivity contribution < 1.29 is 9.53 Å². The molecule has 0 atom stereocenters. The summed E-state index contributed by atoms with van der Waals surface area (Å²) in [4.78, 5) is 13.5. The van der Waals surface area contributed by atoms with Crippen molar-refractivity contribution >= 4 is 49.6 Å². The van der Waals surface area contributed by atoms with Crippen molar-refractivity contribution in [1.29, 1.82) is 0 Å². The third kappa shape index (κ3) is 3.95. The van der Waals surface area contributed by atoms with Gasteiger partial charge in [-0.05, 0) is 48.9 Å². The number of unbranched alkanes of at least 4 members (excludes halogenated alkanes) is 2. The van der Waals surface area contributed by atoms with Crippen molar-refractivity contribution in [3.8, 4) is 11.4 Å². The summed E-state index contributed by atoms with van der Waals surface area (Å²) in [7, 11) is 0. The number of aromatic nitrogens is 2. The van der Waals surface area contributed by atoms with Crippen molar-refractivity contribution in [1.82, 2.24) is 9.13 Å². The molecule has 5 aromatic carbocycles. The lowest BCUT2D eigenvalue weighted by Crippen LogP contribution is -2.09. The number of hydrogen-bond donors (Lipinski definition) is 0. The zero-order valence-electron chi connectivity index (χ0n) is 22.5.